The molecule has 100 valence electrons. The van der Waals surface area contributed by atoms with E-state index in [-0.39, 0.29) is 0 Å². The van der Waals surface area contributed by atoms with Crippen LogP contribution in [-0.2, 0) is 0 Å². The van der Waals surface area contributed by atoms with Crippen molar-refractivity contribution in [2.75, 3.05) is 0 Å². The van der Waals surface area contributed by atoms with Gasteiger partial charge in [-0.3, -0.25) is 0 Å². The lowest BCUT2D eigenvalue weighted by atomic mass is 9.75. The smallest absolute Gasteiger partial charge is 0.0440 e. The summed E-state index contributed by atoms with van der Waals surface area (Å²) in [6, 6.07) is 9.62. The maximum absolute atomic E-state index is 6.23. The highest BCUT2D eigenvalue weighted by Crippen LogP contribution is 2.40. The van der Waals surface area contributed by atoms with Crippen molar-refractivity contribution in [2.45, 2.75) is 64.0 Å². The highest BCUT2D eigenvalue weighted by Gasteiger charge is 2.31. The quantitative estimate of drug-likeness (QED) is 0.782. The molecule has 0 amide bonds. The molecular weight excluding hydrogens is 242 g/mol. The van der Waals surface area contributed by atoms with Crippen LogP contribution in [0.1, 0.15) is 57.4 Å². The molecule has 1 atom stereocenters. The Morgan fingerprint density at radius 3 is 2.72 bits per heavy atom. The van der Waals surface area contributed by atoms with Gasteiger partial charge in [0, 0.05) is 17.1 Å². The van der Waals surface area contributed by atoms with E-state index in [2.05, 4.69) is 31.3 Å². The standard InChI is InChI=1S/C16H24ClN/c1-3-4-7-12(2)18-14-10-13(11-14)15-8-5-6-9-16(15)17/h5-6,8-9,12-14,18H,3-4,7,10-11H2,1-2H3. The number of hydrogen-bond acceptors (Lipinski definition) is 1. The van der Waals surface area contributed by atoms with Gasteiger partial charge in [-0.15, -0.1) is 0 Å². The van der Waals surface area contributed by atoms with Gasteiger partial charge in [0.15, 0.2) is 0 Å². The zero-order valence-corrected chi connectivity index (χ0v) is 12.2. The SMILES string of the molecule is CCCCC(C)NC1CC(c2ccccc2Cl)C1. The first-order valence-electron chi connectivity index (χ1n) is 7.21. The molecule has 1 aliphatic rings. The van der Waals surface area contributed by atoms with Crippen LogP contribution in [0, 0.1) is 0 Å². The van der Waals surface area contributed by atoms with E-state index in [9.17, 15) is 0 Å². The molecule has 1 aromatic carbocycles. The van der Waals surface area contributed by atoms with Gasteiger partial charge in [0.05, 0.1) is 0 Å². The molecule has 1 N–H and O–H groups in total. The Labute approximate surface area is 116 Å². The van der Waals surface area contributed by atoms with E-state index < -0.39 is 0 Å². The summed E-state index contributed by atoms with van der Waals surface area (Å²) in [6.45, 7) is 4.56. The van der Waals surface area contributed by atoms with Gasteiger partial charge in [0.1, 0.15) is 0 Å². The van der Waals surface area contributed by atoms with Gasteiger partial charge in [0.25, 0.3) is 0 Å². The summed E-state index contributed by atoms with van der Waals surface area (Å²) in [4.78, 5) is 0. The van der Waals surface area contributed by atoms with Gasteiger partial charge in [-0.25, -0.2) is 0 Å². The topological polar surface area (TPSA) is 12.0 Å². The van der Waals surface area contributed by atoms with E-state index in [1.807, 2.05) is 12.1 Å². The third-order valence-electron chi connectivity index (χ3n) is 3.99. The van der Waals surface area contributed by atoms with Crippen molar-refractivity contribution < 1.29 is 0 Å². The van der Waals surface area contributed by atoms with Crippen molar-refractivity contribution >= 4 is 11.6 Å². The molecule has 0 bridgehead atoms. The Morgan fingerprint density at radius 1 is 1.33 bits per heavy atom. The van der Waals surface area contributed by atoms with Crippen LogP contribution in [0.25, 0.3) is 0 Å². The molecule has 1 nitrogen and oxygen atoms in total. The van der Waals surface area contributed by atoms with E-state index in [1.165, 1.54) is 37.7 Å². The summed E-state index contributed by atoms with van der Waals surface area (Å²) >= 11 is 6.23. The van der Waals surface area contributed by atoms with Gasteiger partial charge in [-0.2, -0.15) is 0 Å². The van der Waals surface area contributed by atoms with Crippen LogP contribution in [0.15, 0.2) is 24.3 Å². The zero-order chi connectivity index (χ0) is 13.0. The molecule has 0 heterocycles. The van der Waals surface area contributed by atoms with Crippen LogP contribution >= 0.6 is 11.6 Å². The number of hydrogen-bond donors (Lipinski definition) is 1. The lowest BCUT2D eigenvalue weighted by molar-refractivity contribution is 0.264. The molecule has 1 saturated carbocycles. The summed E-state index contributed by atoms with van der Waals surface area (Å²) < 4.78 is 0. The predicted octanol–water partition coefficient (Wildman–Crippen LogP) is 4.75. The van der Waals surface area contributed by atoms with Crippen LogP contribution in [0.3, 0.4) is 0 Å². The fraction of sp³-hybridized carbons (Fsp3) is 0.625. The average Bonchev–Trinajstić information content (AvgIpc) is 2.32. The third-order valence-corrected chi connectivity index (χ3v) is 4.34. The summed E-state index contributed by atoms with van der Waals surface area (Å²) in [7, 11) is 0. The second-order valence-electron chi connectivity index (χ2n) is 5.60. The van der Waals surface area contributed by atoms with Crippen molar-refractivity contribution in [3.05, 3.63) is 34.9 Å². The molecule has 1 aliphatic carbocycles. The first-order valence-corrected chi connectivity index (χ1v) is 7.59. The molecule has 1 unspecified atom stereocenters. The third kappa shape index (κ3) is 3.49. The van der Waals surface area contributed by atoms with Crippen LogP contribution < -0.4 is 5.32 Å². The van der Waals surface area contributed by atoms with Crippen molar-refractivity contribution in [3.63, 3.8) is 0 Å². The summed E-state index contributed by atoms with van der Waals surface area (Å²) in [5.41, 5.74) is 1.33. The minimum atomic E-state index is 0.655. The van der Waals surface area contributed by atoms with E-state index in [0.29, 0.717) is 18.0 Å². The molecule has 0 aromatic heterocycles. The highest BCUT2D eigenvalue weighted by molar-refractivity contribution is 6.31. The lowest BCUT2D eigenvalue weighted by Crippen LogP contribution is -2.44. The lowest BCUT2D eigenvalue weighted by Gasteiger charge is -2.38. The molecule has 2 heteroatoms. The molecule has 0 saturated heterocycles. The van der Waals surface area contributed by atoms with Crippen LogP contribution in [0.4, 0.5) is 0 Å². The van der Waals surface area contributed by atoms with Crippen molar-refractivity contribution in [1.82, 2.24) is 5.32 Å². The van der Waals surface area contributed by atoms with Crippen LogP contribution in [0.5, 0.6) is 0 Å². The van der Waals surface area contributed by atoms with Gasteiger partial charge < -0.3 is 5.32 Å². The minimum Gasteiger partial charge on any atom is -0.311 e. The van der Waals surface area contributed by atoms with Gasteiger partial charge in [-0.1, -0.05) is 49.6 Å². The highest BCUT2D eigenvalue weighted by atomic mass is 35.5. The summed E-state index contributed by atoms with van der Waals surface area (Å²) in [6.07, 6.45) is 6.39. The predicted molar refractivity (Wildman–Crippen MR) is 79.3 cm³/mol. The number of rotatable bonds is 6. The van der Waals surface area contributed by atoms with E-state index >= 15 is 0 Å². The molecule has 0 radical (unpaired) electrons. The number of nitrogens with one attached hydrogen (secondary N) is 1. The second kappa shape index (κ2) is 6.58. The largest absolute Gasteiger partial charge is 0.311 e. The van der Waals surface area contributed by atoms with Gasteiger partial charge in [0.2, 0.25) is 0 Å². The Bertz CT molecular complexity index is 371. The Kier molecular flexibility index (Phi) is 5.08. The molecule has 0 spiro atoms. The zero-order valence-electron chi connectivity index (χ0n) is 11.5. The first-order chi connectivity index (χ1) is 8.70. The van der Waals surface area contributed by atoms with Gasteiger partial charge >= 0.3 is 0 Å². The average molecular weight is 266 g/mol. The fourth-order valence-corrected chi connectivity index (χ4v) is 3.10. The molecular formula is C16H24ClN. The van der Waals surface area contributed by atoms with Crippen molar-refractivity contribution in [3.8, 4) is 0 Å². The molecule has 1 aromatic rings. The first kappa shape index (κ1) is 13.9. The number of benzene rings is 1. The number of halogens is 1. The Balaban J connectivity index is 1.75. The summed E-state index contributed by atoms with van der Waals surface area (Å²) in [5.74, 6) is 0.662. The fourth-order valence-electron chi connectivity index (χ4n) is 2.81. The normalized spacial score (nSPS) is 24.6. The van der Waals surface area contributed by atoms with Crippen molar-refractivity contribution in [2.24, 2.45) is 0 Å². The maximum Gasteiger partial charge on any atom is 0.0440 e. The molecule has 1 fully saturated rings. The van der Waals surface area contributed by atoms with Crippen LogP contribution in [0.2, 0.25) is 5.02 Å². The van der Waals surface area contributed by atoms with E-state index in [0.717, 1.165) is 5.02 Å². The molecule has 18 heavy (non-hydrogen) atoms. The molecule has 2 rings (SSSR count). The van der Waals surface area contributed by atoms with Crippen molar-refractivity contribution in [1.29, 1.82) is 0 Å². The Hall–Kier alpha value is -0.530. The number of unbranched alkanes of at least 4 members (excludes halogenated alkanes) is 1. The van der Waals surface area contributed by atoms with Crippen LogP contribution in [-0.4, -0.2) is 12.1 Å². The van der Waals surface area contributed by atoms with Gasteiger partial charge in [-0.05, 0) is 43.7 Å². The summed E-state index contributed by atoms with van der Waals surface area (Å²) in [5, 5.41) is 4.66. The van der Waals surface area contributed by atoms with E-state index in [1.54, 1.807) is 0 Å². The minimum absolute atomic E-state index is 0.655. The Morgan fingerprint density at radius 2 is 2.06 bits per heavy atom. The van der Waals surface area contributed by atoms with E-state index in [4.69, 9.17) is 11.6 Å². The second-order valence-corrected chi connectivity index (χ2v) is 6.00. The molecule has 0 aliphatic heterocycles. The monoisotopic (exact) mass is 265 g/mol. The maximum atomic E-state index is 6.23.